The molecule has 0 unspecified atom stereocenters. The van der Waals surface area contributed by atoms with E-state index in [0.717, 1.165) is 10.9 Å². The largest absolute Gasteiger partial charge is 0.506 e. The Balaban J connectivity index is 2.92. The zero-order chi connectivity index (χ0) is 13.3. The van der Waals surface area contributed by atoms with Crippen molar-refractivity contribution in [2.75, 3.05) is 7.11 Å². The Labute approximate surface area is 106 Å². The standard InChI is InChI=1S/C15H16O3/c1-4-10-8-11-6-5-7-12(18-3)14(11)15(17)13(10)9(2)16/h5-8,17H,4H2,1-3H3. The third-order valence-electron chi connectivity index (χ3n) is 3.14. The fourth-order valence-electron chi connectivity index (χ4n) is 2.30. The molecule has 2 aromatic rings. The predicted molar refractivity (Wildman–Crippen MR) is 71.5 cm³/mol. The van der Waals surface area contributed by atoms with Crippen molar-refractivity contribution in [3.8, 4) is 11.5 Å². The smallest absolute Gasteiger partial charge is 0.163 e. The maximum absolute atomic E-state index is 11.7. The van der Waals surface area contributed by atoms with Crippen molar-refractivity contribution in [3.63, 3.8) is 0 Å². The highest BCUT2D eigenvalue weighted by Crippen LogP contribution is 2.38. The number of fused-ring (bicyclic) bond motifs is 1. The summed E-state index contributed by atoms with van der Waals surface area (Å²) in [6, 6.07) is 7.49. The van der Waals surface area contributed by atoms with E-state index in [1.165, 1.54) is 6.92 Å². The van der Waals surface area contributed by atoms with Crippen LogP contribution in [0, 0.1) is 0 Å². The molecule has 0 fully saturated rings. The van der Waals surface area contributed by atoms with Crippen LogP contribution in [0.15, 0.2) is 24.3 Å². The molecule has 0 aliphatic rings. The number of phenolic OH excluding ortho intramolecular Hbond substituents is 1. The van der Waals surface area contributed by atoms with E-state index in [1.807, 2.05) is 25.1 Å². The molecule has 0 radical (unpaired) electrons. The lowest BCUT2D eigenvalue weighted by Crippen LogP contribution is -2.00. The Bertz CT molecular complexity index is 615. The molecule has 3 heteroatoms. The number of carbonyl (C=O) groups is 1. The summed E-state index contributed by atoms with van der Waals surface area (Å²) in [7, 11) is 1.55. The van der Waals surface area contributed by atoms with Crippen molar-refractivity contribution in [1.82, 2.24) is 0 Å². The minimum atomic E-state index is -0.128. The van der Waals surface area contributed by atoms with E-state index >= 15 is 0 Å². The zero-order valence-corrected chi connectivity index (χ0v) is 10.8. The fraction of sp³-hybridized carbons (Fsp3) is 0.267. The van der Waals surface area contributed by atoms with Crippen LogP contribution in [-0.4, -0.2) is 18.0 Å². The molecule has 0 heterocycles. The van der Waals surface area contributed by atoms with Crippen LogP contribution in [0.1, 0.15) is 29.8 Å². The quantitative estimate of drug-likeness (QED) is 0.842. The molecule has 0 atom stereocenters. The Morgan fingerprint density at radius 3 is 2.67 bits per heavy atom. The SMILES string of the molecule is CCc1cc2cccc(OC)c2c(O)c1C(C)=O. The molecule has 2 aromatic carbocycles. The van der Waals surface area contributed by atoms with Crippen LogP contribution in [0.5, 0.6) is 11.5 Å². The third kappa shape index (κ3) is 1.82. The summed E-state index contributed by atoms with van der Waals surface area (Å²) in [5.41, 5.74) is 1.26. The number of hydrogen-bond acceptors (Lipinski definition) is 3. The Hall–Kier alpha value is -2.03. The molecular weight excluding hydrogens is 228 g/mol. The second-order valence-corrected chi connectivity index (χ2v) is 4.23. The monoisotopic (exact) mass is 244 g/mol. The first-order valence-corrected chi connectivity index (χ1v) is 5.92. The molecule has 0 bridgehead atoms. The van der Waals surface area contributed by atoms with Gasteiger partial charge in [0.25, 0.3) is 0 Å². The van der Waals surface area contributed by atoms with Gasteiger partial charge in [-0.15, -0.1) is 0 Å². The van der Waals surface area contributed by atoms with Crippen LogP contribution in [0.25, 0.3) is 10.8 Å². The van der Waals surface area contributed by atoms with E-state index in [1.54, 1.807) is 13.2 Å². The average molecular weight is 244 g/mol. The number of aryl methyl sites for hydroxylation is 1. The number of rotatable bonds is 3. The maximum Gasteiger partial charge on any atom is 0.163 e. The first-order valence-electron chi connectivity index (χ1n) is 5.92. The minimum Gasteiger partial charge on any atom is -0.506 e. The van der Waals surface area contributed by atoms with Gasteiger partial charge in [-0.25, -0.2) is 0 Å². The predicted octanol–water partition coefficient (Wildman–Crippen LogP) is 3.32. The number of benzene rings is 2. The molecule has 94 valence electrons. The van der Waals surface area contributed by atoms with Crippen molar-refractivity contribution in [2.24, 2.45) is 0 Å². The molecule has 0 aliphatic heterocycles. The van der Waals surface area contributed by atoms with Gasteiger partial charge in [-0.1, -0.05) is 25.1 Å². The molecule has 1 N–H and O–H groups in total. The van der Waals surface area contributed by atoms with Crippen LogP contribution < -0.4 is 4.74 Å². The fourth-order valence-corrected chi connectivity index (χ4v) is 2.30. The highest BCUT2D eigenvalue weighted by molar-refractivity contribution is 6.06. The van der Waals surface area contributed by atoms with E-state index in [-0.39, 0.29) is 11.5 Å². The topological polar surface area (TPSA) is 46.5 Å². The van der Waals surface area contributed by atoms with Gasteiger partial charge in [0, 0.05) is 0 Å². The molecule has 3 nitrogen and oxygen atoms in total. The third-order valence-corrected chi connectivity index (χ3v) is 3.14. The molecule has 0 aliphatic carbocycles. The number of methoxy groups -OCH3 is 1. The number of carbonyl (C=O) groups excluding carboxylic acids is 1. The highest BCUT2D eigenvalue weighted by Gasteiger charge is 2.17. The lowest BCUT2D eigenvalue weighted by atomic mass is 9.95. The Morgan fingerprint density at radius 1 is 1.39 bits per heavy atom. The van der Waals surface area contributed by atoms with Gasteiger partial charge in [-0.2, -0.15) is 0 Å². The molecular formula is C15H16O3. The van der Waals surface area contributed by atoms with E-state index < -0.39 is 0 Å². The summed E-state index contributed by atoms with van der Waals surface area (Å²) >= 11 is 0. The summed E-state index contributed by atoms with van der Waals surface area (Å²) in [4.78, 5) is 11.7. The zero-order valence-electron chi connectivity index (χ0n) is 10.8. The number of hydrogen-bond donors (Lipinski definition) is 1. The van der Waals surface area contributed by atoms with E-state index in [9.17, 15) is 9.90 Å². The molecule has 0 aromatic heterocycles. The molecule has 0 saturated heterocycles. The molecule has 0 amide bonds. The lowest BCUT2D eigenvalue weighted by molar-refractivity contribution is 0.101. The van der Waals surface area contributed by atoms with Gasteiger partial charge >= 0.3 is 0 Å². The number of aromatic hydroxyl groups is 1. The first-order chi connectivity index (χ1) is 8.60. The van der Waals surface area contributed by atoms with E-state index in [2.05, 4.69) is 0 Å². The van der Waals surface area contributed by atoms with Crippen molar-refractivity contribution in [1.29, 1.82) is 0 Å². The van der Waals surface area contributed by atoms with Gasteiger partial charge in [0.15, 0.2) is 5.78 Å². The second-order valence-electron chi connectivity index (χ2n) is 4.23. The number of ketones is 1. The van der Waals surface area contributed by atoms with Crippen molar-refractivity contribution >= 4 is 16.6 Å². The van der Waals surface area contributed by atoms with Crippen LogP contribution in [0.2, 0.25) is 0 Å². The maximum atomic E-state index is 11.7. The minimum absolute atomic E-state index is 0.0225. The van der Waals surface area contributed by atoms with E-state index in [4.69, 9.17) is 4.74 Å². The van der Waals surface area contributed by atoms with Crippen LogP contribution in [0.3, 0.4) is 0 Å². The summed E-state index contributed by atoms with van der Waals surface area (Å²) in [6.45, 7) is 3.43. The molecule has 2 rings (SSSR count). The molecule has 0 spiro atoms. The first kappa shape index (κ1) is 12.4. The Morgan fingerprint density at radius 2 is 2.11 bits per heavy atom. The van der Waals surface area contributed by atoms with Gasteiger partial charge in [0.1, 0.15) is 11.5 Å². The Kier molecular flexibility index (Phi) is 3.24. The second kappa shape index (κ2) is 4.69. The average Bonchev–Trinajstić information content (AvgIpc) is 2.36. The molecule has 18 heavy (non-hydrogen) atoms. The van der Waals surface area contributed by atoms with Crippen LogP contribution >= 0.6 is 0 Å². The van der Waals surface area contributed by atoms with Gasteiger partial charge in [-0.3, -0.25) is 4.79 Å². The van der Waals surface area contributed by atoms with Crippen LogP contribution in [0.4, 0.5) is 0 Å². The van der Waals surface area contributed by atoms with E-state index in [0.29, 0.717) is 23.1 Å². The number of phenols is 1. The summed E-state index contributed by atoms with van der Waals surface area (Å²) in [5, 5.41) is 11.8. The van der Waals surface area contributed by atoms with Gasteiger partial charge in [0.05, 0.1) is 18.1 Å². The van der Waals surface area contributed by atoms with Crippen LogP contribution in [-0.2, 0) is 6.42 Å². The molecule has 0 saturated carbocycles. The highest BCUT2D eigenvalue weighted by atomic mass is 16.5. The van der Waals surface area contributed by atoms with Crippen molar-refractivity contribution < 1.29 is 14.6 Å². The lowest BCUT2D eigenvalue weighted by Gasteiger charge is -2.13. The van der Waals surface area contributed by atoms with Crippen molar-refractivity contribution in [3.05, 3.63) is 35.4 Å². The number of ether oxygens (including phenoxy) is 1. The number of Topliss-reactive ketones (excluding diaryl/α,β-unsaturated/α-hetero) is 1. The summed E-state index contributed by atoms with van der Waals surface area (Å²) in [6.07, 6.45) is 0.704. The van der Waals surface area contributed by atoms with Gasteiger partial charge in [0.2, 0.25) is 0 Å². The summed E-state index contributed by atoms with van der Waals surface area (Å²) < 4.78 is 5.25. The summed E-state index contributed by atoms with van der Waals surface area (Å²) in [5.74, 6) is 0.474. The van der Waals surface area contributed by atoms with Gasteiger partial charge < -0.3 is 9.84 Å². The normalized spacial score (nSPS) is 10.6. The van der Waals surface area contributed by atoms with Gasteiger partial charge in [-0.05, 0) is 30.4 Å². The van der Waals surface area contributed by atoms with Crippen molar-refractivity contribution in [2.45, 2.75) is 20.3 Å².